The predicted molar refractivity (Wildman–Crippen MR) is 66.7 cm³/mol. The third kappa shape index (κ3) is 3.41. The van der Waals surface area contributed by atoms with Crippen molar-refractivity contribution in [1.82, 2.24) is 5.32 Å². The Morgan fingerprint density at radius 3 is 2.83 bits per heavy atom. The fourth-order valence-corrected chi connectivity index (χ4v) is 1.70. The molecule has 0 aliphatic rings. The van der Waals surface area contributed by atoms with Crippen molar-refractivity contribution in [2.75, 3.05) is 6.61 Å². The maximum absolute atomic E-state index is 11.9. The lowest BCUT2D eigenvalue weighted by atomic mass is 10.1. The molecule has 0 bridgehead atoms. The van der Waals surface area contributed by atoms with Gasteiger partial charge in [0.15, 0.2) is 0 Å². The molecular formula is C11H13ClN2O4. The largest absolute Gasteiger partial charge is 0.396 e. The van der Waals surface area contributed by atoms with Gasteiger partial charge in [-0.15, -0.1) is 0 Å². The van der Waals surface area contributed by atoms with Crippen molar-refractivity contribution in [3.8, 4) is 0 Å². The maximum atomic E-state index is 11.9. The first-order chi connectivity index (χ1) is 8.47. The number of carbonyl (C=O) groups excluding carboxylic acids is 1. The minimum absolute atomic E-state index is 0.0704. The summed E-state index contributed by atoms with van der Waals surface area (Å²) >= 11 is 5.70. The quantitative estimate of drug-likeness (QED) is 0.631. The monoisotopic (exact) mass is 272 g/mol. The van der Waals surface area contributed by atoms with Crippen molar-refractivity contribution in [2.45, 2.75) is 19.4 Å². The van der Waals surface area contributed by atoms with Crippen LogP contribution in [0.15, 0.2) is 18.2 Å². The van der Waals surface area contributed by atoms with Crippen molar-refractivity contribution in [3.63, 3.8) is 0 Å². The lowest BCUT2D eigenvalue weighted by Gasteiger charge is -2.12. The number of para-hydroxylation sites is 1. The summed E-state index contributed by atoms with van der Waals surface area (Å²) in [5.74, 6) is -0.579. The Kier molecular flexibility index (Phi) is 5.06. The number of amides is 1. The number of aliphatic hydroxyl groups excluding tert-OH is 1. The SMILES string of the molecule is CC(CCO)NC(=O)c1cccc(Cl)c1[N+](=O)[O-]. The predicted octanol–water partition coefficient (Wildman–Crippen LogP) is 1.75. The van der Waals surface area contributed by atoms with Gasteiger partial charge in [-0.2, -0.15) is 0 Å². The molecule has 0 spiro atoms. The van der Waals surface area contributed by atoms with E-state index in [1.165, 1.54) is 18.2 Å². The molecule has 0 heterocycles. The first-order valence-corrected chi connectivity index (χ1v) is 5.69. The van der Waals surface area contributed by atoms with Gasteiger partial charge in [-0.25, -0.2) is 0 Å². The topological polar surface area (TPSA) is 92.5 Å². The number of hydrogen-bond acceptors (Lipinski definition) is 4. The van der Waals surface area contributed by atoms with E-state index in [0.717, 1.165) is 0 Å². The highest BCUT2D eigenvalue weighted by Crippen LogP contribution is 2.28. The normalized spacial score (nSPS) is 11.9. The Morgan fingerprint density at radius 1 is 1.61 bits per heavy atom. The summed E-state index contributed by atoms with van der Waals surface area (Å²) in [4.78, 5) is 22.0. The maximum Gasteiger partial charge on any atom is 0.300 e. The van der Waals surface area contributed by atoms with Crippen LogP contribution in [0.25, 0.3) is 0 Å². The average molecular weight is 273 g/mol. The molecule has 2 N–H and O–H groups in total. The van der Waals surface area contributed by atoms with Gasteiger partial charge in [0, 0.05) is 12.6 Å². The van der Waals surface area contributed by atoms with Crippen LogP contribution in [0, 0.1) is 10.1 Å². The molecule has 18 heavy (non-hydrogen) atoms. The second kappa shape index (κ2) is 6.32. The molecule has 1 rings (SSSR count). The third-order valence-electron chi connectivity index (χ3n) is 2.35. The van der Waals surface area contributed by atoms with Crippen molar-refractivity contribution in [1.29, 1.82) is 0 Å². The fourth-order valence-electron chi connectivity index (χ4n) is 1.45. The second-order valence-electron chi connectivity index (χ2n) is 3.78. The van der Waals surface area contributed by atoms with Gasteiger partial charge in [0.05, 0.1) is 4.92 Å². The summed E-state index contributed by atoms with van der Waals surface area (Å²) in [7, 11) is 0. The number of aliphatic hydroxyl groups is 1. The number of nitrogens with zero attached hydrogens (tertiary/aromatic N) is 1. The van der Waals surface area contributed by atoms with E-state index >= 15 is 0 Å². The molecule has 1 amide bonds. The summed E-state index contributed by atoms with van der Waals surface area (Å²) < 4.78 is 0. The molecule has 0 saturated carbocycles. The summed E-state index contributed by atoms with van der Waals surface area (Å²) in [6, 6.07) is 3.89. The zero-order valence-electron chi connectivity index (χ0n) is 9.72. The Morgan fingerprint density at radius 2 is 2.28 bits per heavy atom. The second-order valence-corrected chi connectivity index (χ2v) is 4.19. The van der Waals surface area contributed by atoms with E-state index in [0.29, 0.717) is 6.42 Å². The van der Waals surface area contributed by atoms with E-state index in [1.54, 1.807) is 6.92 Å². The number of rotatable bonds is 5. The lowest BCUT2D eigenvalue weighted by Crippen LogP contribution is -2.33. The number of halogens is 1. The van der Waals surface area contributed by atoms with Crippen LogP contribution in [0.4, 0.5) is 5.69 Å². The van der Waals surface area contributed by atoms with Crippen LogP contribution in [0.5, 0.6) is 0 Å². The molecular weight excluding hydrogens is 260 g/mol. The van der Waals surface area contributed by atoms with Crippen LogP contribution in [0.1, 0.15) is 23.7 Å². The van der Waals surface area contributed by atoms with Gasteiger partial charge in [0.25, 0.3) is 5.91 Å². The summed E-state index contributed by atoms with van der Waals surface area (Å²) in [5.41, 5.74) is -0.495. The highest BCUT2D eigenvalue weighted by molar-refractivity contribution is 6.33. The number of hydrogen-bond donors (Lipinski definition) is 2. The molecule has 98 valence electrons. The Hall–Kier alpha value is -1.66. The van der Waals surface area contributed by atoms with Gasteiger partial charge in [-0.3, -0.25) is 14.9 Å². The summed E-state index contributed by atoms with van der Waals surface area (Å²) in [6.07, 6.45) is 0.375. The molecule has 1 atom stereocenters. The molecule has 0 aliphatic carbocycles. The molecule has 0 fully saturated rings. The van der Waals surface area contributed by atoms with Crippen molar-refractivity contribution in [2.24, 2.45) is 0 Å². The average Bonchev–Trinajstić information content (AvgIpc) is 2.28. The molecule has 7 heteroatoms. The molecule has 1 aromatic carbocycles. The first-order valence-electron chi connectivity index (χ1n) is 5.32. The zero-order chi connectivity index (χ0) is 13.7. The third-order valence-corrected chi connectivity index (χ3v) is 2.66. The molecule has 6 nitrogen and oxygen atoms in total. The minimum Gasteiger partial charge on any atom is -0.396 e. The van der Waals surface area contributed by atoms with Crippen molar-refractivity contribution < 1.29 is 14.8 Å². The standard InChI is InChI=1S/C11H13ClN2O4/c1-7(5-6-15)13-11(16)8-3-2-4-9(12)10(8)14(17)18/h2-4,7,15H,5-6H2,1H3,(H,13,16). The Bertz CT molecular complexity index is 464. The van der Waals surface area contributed by atoms with Gasteiger partial charge >= 0.3 is 5.69 Å². The molecule has 0 radical (unpaired) electrons. The van der Waals surface area contributed by atoms with E-state index in [9.17, 15) is 14.9 Å². The first kappa shape index (κ1) is 14.4. The number of benzene rings is 1. The number of nitro groups is 1. The van der Waals surface area contributed by atoms with Gasteiger partial charge in [0.1, 0.15) is 10.6 Å². The van der Waals surface area contributed by atoms with E-state index in [-0.39, 0.29) is 23.2 Å². The van der Waals surface area contributed by atoms with Crippen LogP contribution in [0.3, 0.4) is 0 Å². The van der Waals surface area contributed by atoms with Crippen LogP contribution >= 0.6 is 11.6 Å². The number of nitrogens with one attached hydrogen (secondary N) is 1. The molecule has 1 aromatic rings. The van der Waals surface area contributed by atoms with Gasteiger partial charge < -0.3 is 10.4 Å². The summed E-state index contributed by atoms with van der Waals surface area (Å²) in [6.45, 7) is 1.63. The summed E-state index contributed by atoms with van der Waals surface area (Å²) in [5, 5.41) is 22.1. The van der Waals surface area contributed by atoms with E-state index in [1.807, 2.05) is 0 Å². The van der Waals surface area contributed by atoms with E-state index in [2.05, 4.69) is 5.32 Å². The van der Waals surface area contributed by atoms with Crippen molar-refractivity contribution >= 4 is 23.2 Å². The number of nitro benzene ring substituents is 1. The van der Waals surface area contributed by atoms with E-state index in [4.69, 9.17) is 16.7 Å². The lowest BCUT2D eigenvalue weighted by molar-refractivity contribution is -0.385. The van der Waals surface area contributed by atoms with Gasteiger partial charge in [-0.1, -0.05) is 17.7 Å². The highest BCUT2D eigenvalue weighted by Gasteiger charge is 2.24. The molecule has 0 aromatic heterocycles. The Balaban J connectivity index is 2.99. The molecule has 0 aliphatic heterocycles. The molecule has 1 unspecified atom stereocenters. The van der Waals surface area contributed by atoms with E-state index < -0.39 is 16.5 Å². The van der Waals surface area contributed by atoms with Crippen LogP contribution in [0.2, 0.25) is 5.02 Å². The molecule has 0 saturated heterocycles. The Labute approximate surface area is 109 Å². The van der Waals surface area contributed by atoms with Crippen LogP contribution < -0.4 is 5.32 Å². The highest BCUT2D eigenvalue weighted by atomic mass is 35.5. The number of carbonyl (C=O) groups is 1. The minimum atomic E-state index is -0.687. The van der Waals surface area contributed by atoms with Crippen LogP contribution in [-0.2, 0) is 0 Å². The van der Waals surface area contributed by atoms with Crippen molar-refractivity contribution in [3.05, 3.63) is 38.9 Å². The zero-order valence-corrected chi connectivity index (χ0v) is 10.5. The van der Waals surface area contributed by atoms with Gasteiger partial charge in [-0.05, 0) is 25.5 Å². The fraction of sp³-hybridized carbons (Fsp3) is 0.364. The van der Waals surface area contributed by atoms with Crippen LogP contribution in [-0.4, -0.2) is 28.6 Å². The smallest absolute Gasteiger partial charge is 0.300 e. The van der Waals surface area contributed by atoms with Gasteiger partial charge in [0.2, 0.25) is 0 Å².